The van der Waals surface area contributed by atoms with Gasteiger partial charge in [-0.2, -0.15) is 0 Å². The molecular weight excluding hydrogens is 216 g/mol. The van der Waals surface area contributed by atoms with Gasteiger partial charge in [0.25, 0.3) is 0 Å². The highest BCUT2D eigenvalue weighted by Gasteiger charge is 2.31. The van der Waals surface area contributed by atoms with E-state index in [-0.39, 0.29) is 12.1 Å². The van der Waals surface area contributed by atoms with Crippen molar-refractivity contribution < 1.29 is 14.6 Å². The molecule has 98 valence electrons. The molecule has 0 amide bonds. The topological polar surface area (TPSA) is 46.5 Å². The van der Waals surface area contributed by atoms with Crippen LogP contribution in [0.25, 0.3) is 0 Å². The van der Waals surface area contributed by atoms with Crippen molar-refractivity contribution in [1.82, 2.24) is 0 Å². The second-order valence-electron chi connectivity index (χ2n) is 5.11. The Balaban J connectivity index is 2.37. The minimum Gasteiger partial charge on any atom is -0.456 e. The normalized spacial score (nSPS) is 28.8. The molecule has 17 heavy (non-hydrogen) atoms. The van der Waals surface area contributed by atoms with E-state index in [4.69, 9.17) is 4.74 Å². The molecule has 1 saturated carbocycles. The molecule has 0 aliphatic heterocycles. The van der Waals surface area contributed by atoms with Crippen LogP contribution >= 0.6 is 0 Å². The van der Waals surface area contributed by atoms with E-state index in [0.29, 0.717) is 11.5 Å². The third kappa shape index (κ3) is 4.50. The van der Waals surface area contributed by atoms with Crippen molar-refractivity contribution in [3.05, 3.63) is 12.2 Å². The molecular formula is C14H24O3. The van der Waals surface area contributed by atoms with Gasteiger partial charge in [0.05, 0.1) is 6.10 Å². The van der Waals surface area contributed by atoms with E-state index in [0.717, 1.165) is 19.3 Å². The Morgan fingerprint density at radius 3 is 2.71 bits per heavy atom. The van der Waals surface area contributed by atoms with E-state index in [1.165, 1.54) is 19.3 Å². The van der Waals surface area contributed by atoms with Gasteiger partial charge >= 0.3 is 5.97 Å². The molecule has 0 radical (unpaired) electrons. The minimum atomic E-state index is -0.506. The summed E-state index contributed by atoms with van der Waals surface area (Å²) < 4.78 is 5.23. The second-order valence-corrected chi connectivity index (χ2v) is 5.11. The highest BCUT2D eigenvalue weighted by Crippen LogP contribution is 2.30. The summed E-state index contributed by atoms with van der Waals surface area (Å²) in [5.74, 6) is 0.200. The minimum absolute atomic E-state index is 0.336. The van der Waals surface area contributed by atoms with Crippen molar-refractivity contribution in [3.8, 4) is 0 Å². The summed E-state index contributed by atoms with van der Waals surface area (Å²) in [4.78, 5) is 11.4. The first kappa shape index (κ1) is 14.2. The lowest BCUT2D eigenvalue weighted by Crippen LogP contribution is -2.37. The molecule has 1 rings (SSSR count). The van der Waals surface area contributed by atoms with Gasteiger partial charge in [-0.3, -0.25) is 0 Å². The molecule has 1 aliphatic carbocycles. The maximum atomic E-state index is 11.4. The van der Waals surface area contributed by atoms with Crippen LogP contribution in [0.4, 0.5) is 0 Å². The molecule has 0 aromatic rings. The van der Waals surface area contributed by atoms with Crippen LogP contribution in [-0.2, 0) is 9.53 Å². The van der Waals surface area contributed by atoms with Crippen LogP contribution in [-0.4, -0.2) is 23.3 Å². The van der Waals surface area contributed by atoms with Crippen LogP contribution in [0.3, 0.4) is 0 Å². The zero-order valence-corrected chi connectivity index (χ0v) is 10.9. The van der Waals surface area contributed by atoms with Gasteiger partial charge in [-0.05, 0) is 32.1 Å². The van der Waals surface area contributed by atoms with Crippen LogP contribution in [0.2, 0.25) is 0 Å². The van der Waals surface area contributed by atoms with E-state index < -0.39 is 6.10 Å². The van der Waals surface area contributed by atoms with Gasteiger partial charge in [0, 0.05) is 5.57 Å². The summed E-state index contributed by atoms with van der Waals surface area (Å²) in [5, 5.41) is 9.96. The van der Waals surface area contributed by atoms with Crippen molar-refractivity contribution in [3.63, 3.8) is 0 Å². The Morgan fingerprint density at radius 1 is 1.47 bits per heavy atom. The molecule has 3 unspecified atom stereocenters. The fraction of sp³-hybridized carbons (Fsp3) is 0.786. The average molecular weight is 240 g/mol. The third-order valence-corrected chi connectivity index (χ3v) is 3.44. The summed E-state index contributed by atoms with van der Waals surface area (Å²) in [5.41, 5.74) is 0.394. The lowest BCUT2D eigenvalue weighted by molar-refractivity contribution is -0.154. The summed E-state index contributed by atoms with van der Waals surface area (Å²) in [6.45, 7) is 7.35. The first-order valence-corrected chi connectivity index (χ1v) is 6.59. The van der Waals surface area contributed by atoms with E-state index in [1.807, 2.05) is 0 Å². The summed E-state index contributed by atoms with van der Waals surface area (Å²) in [7, 11) is 0. The van der Waals surface area contributed by atoms with E-state index in [2.05, 4.69) is 13.5 Å². The van der Waals surface area contributed by atoms with Crippen molar-refractivity contribution in [2.75, 3.05) is 0 Å². The zero-order valence-electron chi connectivity index (χ0n) is 10.9. The van der Waals surface area contributed by atoms with Gasteiger partial charge in [0.2, 0.25) is 0 Å². The first-order valence-electron chi connectivity index (χ1n) is 6.59. The maximum absolute atomic E-state index is 11.4. The van der Waals surface area contributed by atoms with Crippen LogP contribution in [0.5, 0.6) is 0 Å². The molecule has 0 saturated heterocycles. The Morgan fingerprint density at radius 2 is 2.18 bits per heavy atom. The van der Waals surface area contributed by atoms with Gasteiger partial charge in [-0.1, -0.05) is 32.8 Å². The number of unbranched alkanes of at least 4 members (excludes halogenated alkanes) is 1. The Labute approximate surface area is 104 Å². The molecule has 3 nitrogen and oxygen atoms in total. The molecule has 1 N–H and O–H groups in total. The fourth-order valence-electron chi connectivity index (χ4n) is 2.33. The van der Waals surface area contributed by atoms with Gasteiger partial charge in [-0.15, -0.1) is 0 Å². The fourth-order valence-corrected chi connectivity index (χ4v) is 2.33. The van der Waals surface area contributed by atoms with Crippen LogP contribution in [0.1, 0.15) is 52.4 Å². The zero-order chi connectivity index (χ0) is 12.8. The van der Waals surface area contributed by atoms with Crippen molar-refractivity contribution >= 4 is 5.97 Å². The molecule has 0 aromatic heterocycles. The number of hydrogen-bond donors (Lipinski definition) is 1. The first-order chi connectivity index (χ1) is 8.04. The summed E-state index contributed by atoms with van der Waals surface area (Å²) in [6.07, 6.45) is 5.32. The number of aliphatic hydroxyl groups is 1. The smallest absolute Gasteiger partial charge is 0.333 e. The highest BCUT2D eigenvalue weighted by atomic mass is 16.6. The lowest BCUT2D eigenvalue weighted by Gasteiger charge is -2.32. The Bertz CT molecular complexity index is 273. The van der Waals surface area contributed by atoms with Crippen LogP contribution in [0, 0.1) is 5.92 Å². The number of carbonyl (C=O) groups excluding carboxylic acids is 1. The number of esters is 1. The van der Waals surface area contributed by atoms with Gasteiger partial charge in [0.15, 0.2) is 0 Å². The average Bonchev–Trinajstić information content (AvgIpc) is 2.29. The third-order valence-electron chi connectivity index (χ3n) is 3.44. The van der Waals surface area contributed by atoms with Crippen molar-refractivity contribution in [2.45, 2.75) is 64.6 Å². The predicted octanol–water partition coefficient (Wildman–Crippen LogP) is 2.83. The SMILES string of the molecule is C=C(C)C(=O)OC1CCC(CCCC)CC1O. The van der Waals surface area contributed by atoms with Crippen molar-refractivity contribution in [1.29, 1.82) is 0 Å². The molecule has 1 aliphatic rings. The van der Waals surface area contributed by atoms with Crippen LogP contribution in [0.15, 0.2) is 12.2 Å². The largest absolute Gasteiger partial charge is 0.456 e. The summed E-state index contributed by atoms with van der Waals surface area (Å²) >= 11 is 0. The van der Waals surface area contributed by atoms with E-state index in [9.17, 15) is 9.90 Å². The van der Waals surface area contributed by atoms with Crippen LogP contribution < -0.4 is 0 Å². The number of hydrogen-bond acceptors (Lipinski definition) is 3. The monoisotopic (exact) mass is 240 g/mol. The van der Waals surface area contributed by atoms with Gasteiger partial charge in [0.1, 0.15) is 6.10 Å². The number of rotatable bonds is 5. The van der Waals surface area contributed by atoms with E-state index >= 15 is 0 Å². The van der Waals surface area contributed by atoms with Gasteiger partial charge < -0.3 is 9.84 Å². The molecule has 3 heteroatoms. The highest BCUT2D eigenvalue weighted by molar-refractivity contribution is 5.87. The Kier molecular flexibility index (Phi) is 5.69. The molecule has 0 heterocycles. The standard InChI is InChI=1S/C14H24O3/c1-4-5-6-11-7-8-13(12(15)9-11)17-14(16)10(2)3/h11-13,15H,2,4-9H2,1,3H3. The van der Waals surface area contributed by atoms with Crippen molar-refractivity contribution in [2.24, 2.45) is 5.92 Å². The molecule has 3 atom stereocenters. The van der Waals surface area contributed by atoms with E-state index in [1.54, 1.807) is 6.92 Å². The molecule has 1 fully saturated rings. The summed E-state index contributed by atoms with van der Waals surface area (Å²) in [6, 6.07) is 0. The molecule has 0 aromatic carbocycles. The number of aliphatic hydroxyl groups excluding tert-OH is 1. The van der Waals surface area contributed by atoms with Gasteiger partial charge in [-0.25, -0.2) is 4.79 Å². The lowest BCUT2D eigenvalue weighted by atomic mass is 9.82. The predicted molar refractivity (Wildman–Crippen MR) is 67.6 cm³/mol. The Hall–Kier alpha value is -0.830. The number of ether oxygens (including phenoxy) is 1. The quantitative estimate of drug-likeness (QED) is 0.593. The maximum Gasteiger partial charge on any atom is 0.333 e. The second kappa shape index (κ2) is 6.80. The number of carbonyl (C=O) groups is 1. The molecule has 0 spiro atoms. The molecule has 0 bridgehead atoms.